The van der Waals surface area contributed by atoms with E-state index in [9.17, 15) is 13.2 Å². The van der Waals surface area contributed by atoms with E-state index in [1.54, 1.807) is 17.6 Å². The van der Waals surface area contributed by atoms with E-state index in [1.165, 1.54) is 12.1 Å². The SMILES string of the molecule is C.O=C(NO)C1(CCS(=O)(=O)c2ccc(Oc3ccccc3)cc2)CCNCC1. The van der Waals surface area contributed by atoms with E-state index < -0.39 is 21.2 Å². The number of carbonyl (C=O) groups excluding carboxylic acids is 1. The summed E-state index contributed by atoms with van der Waals surface area (Å²) < 4.78 is 31.2. The third kappa shape index (κ3) is 5.56. The first kappa shape index (κ1) is 22.9. The molecule has 1 amide bonds. The van der Waals surface area contributed by atoms with Crippen LogP contribution in [-0.4, -0.2) is 38.4 Å². The number of ether oxygens (including phenoxy) is 1. The zero-order valence-electron chi connectivity index (χ0n) is 15.4. The van der Waals surface area contributed by atoms with Gasteiger partial charge in [0.2, 0.25) is 5.91 Å². The quantitative estimate of drug-likeness (QED) is 0.469. The van der Waals surface area contributed by atoms with Crippen molar-refractivity contribution in [2.75, 3.05) is 18.8 Å². The topological polar surface area (TPSA) is 105 Å². The van der Waals surface area contributed by atoms with Crippen LogP contribution in [0.5, 0.6) is 11.5 Å². The minimum atomic E-state index is -3.57. The minimum Gasteiger partial charge on any atom is -0.457 e. The maximum atomic E-state index is 12.7. The number of benzene rings is 2. The van der Waals surface area contributed by atoms with Gasteiger partial charge in [-0.05, 0) is 68.8 Å². The van der Waals surface area contributed by atoms with E-state index in [1.807, 2.05) is 30.3 Å². The van der Waals surface area contributed by atoms with Crippen LogP contribution in [0.3, 0.4) is 0 Å². The van der Waals surface area contributed by atoms with Gasteiger partial charge in [-0.25, -0.2) is 13.9 Å². The number of amides is 1. The summed E-state index contributed by atoms with van der Waals surface area (Å²) in [5.41, 5.74) is 0.833. The number of hydrogen-bond donors (Lipinski definition) is 3. The fourth-order valence-corrected chi connectivity index (χ4v) is 4.85. The van der Waals surface area contributed by atoms with Gasteiger partial charge < -0.3 is 10.1 Å². The van der Waals surface area contributed by atoms with Gasteiger partial charge in [0.1, 0.15) is 11.5 Å². The van der Waals surface area contributed by atoms with Crippen molar-refractivity contribution < 1.29 is 23.2 Å². The van der Waals surface area contributed by atoms with Crippen molar-refractivity contribution in [2.45, 2.75) is 31.6 Å². The monoisotopic (exact) mass is 420 g/mol. The van der Waals surface area contributed by atoms with Crippen LogP contribution in [0.15, 0.2) is 59.5 Å². The largest absolute Gasteiger partial charge is 0.457 e. The molecule has 158 valence electrons. The Morgan fingerprint density at radius 2 is 1.62 bits per heavy atom. The number of hydroxylamine groups is 1. The summed E-state index contributed by atoms with van der Waals surface area (Å²) in [6.45, 7) is 1.22. The molecule has 0 unspecified atom stereocenters. The zero-order valence-corrected chi connectivity index (χ0v) is 16.2. The van der Waals surface area contributed by atoms with Gasteiger partial charge in [0.05, 0.1) is 16.1 Å². The summed E-state index contributed by atoms with van der Waals surface area (Å²) in [6.07, 6.45) is 1.13. The van der Waals surface area contributed by atoms with E-state index >= 15 is 0 Å². The second-order valence-electron chi connectivity index (χ2n) is 6.93. The van der Waals surface area contributed by atoms with E-state index in [-0.39, 0.29) is 24.5 Å². The molecule has 1 fully saturated rings. The Morgan fingerprint density at radius 1 is 1.03 bits per heavy atom. The predicted octanol–water partition coefficient (Wildman–Crippen LogP) is 3.15. The molecule has 0 aliphatic carbocycles. The number of piperidine rings is 1. The lowest BCUT2D eigenvalue weighted by molar-refractivity contribution is -0.141. The second-order valence-corrected chi connectivity index (χ2v) is 9.04. The predicted molar refractivity (Wildman–Crippen MR) is 111 cm³/mol. The van der Waals surface area contributed by atoms with Crippen molar-refractivity contribution in [3.8, 4) is 11.5 Å². The lowest BCUT2D eigenvalue weighted by Crippen LogP contribution is -2.47. The highest BCUT2D eigenvalue weighted by Crippen LogP contribution is 2.34. The van der Waals surface area contributed by atoms with Crippen LogP contribution in [0.4, 0.5) is 0 Å². The van der Waals surface area contributed by atoms with Gasteiger partial charge >= 0.3 is 0 Å². The van der Waals surface area contributed by atoms with Crippen molar-refractivity contribution in [3.63, 3.8) is 0 Å². The van der Waals surface area contributed by atoms with Crippen LogP contribution in [-0.2, 0) is 14.6 Å². The van der Waals surface area contributed by atoms with Crippen molar-refractivity contribution in [1.29, 1.82) is 0 Å². The summed E-state index contributed by atoms with van der Waals surface area (Å²) in [7, 11) is -3.57. The van der Waals surface area contributed by atoms with Crippen LogP contribution in [0.2, 0.25) is 0 Å². The van der Waals surface area contributed by atoms with E-state index in [2.05, 4.69) is 5.32 Å². The summed E-state index contributed by atoms with van der Waals surface area (Å²) >= 11 is 0. The van der Waals surface area contributed by atoms with Gasteiger partial charge in [0, 0.05) is 0 Å². The molecule has 0 radical (unpaired) electrons. The molecule has 2 aromatic rings. The highest BCUT2D eigenvalue weighted by molar-refractivity contribution is 7.91. The first-order valence-corrected chi connectivity index (χ1v) is 10.8. The summed E-state index contributed by atoms with van der Waals surface area (Å²) in [5, 5.41) is 12.2. The summed E-state index contributed by atoms with van der Waals surface area (Å²) in [6, 6.07) is 15.5. The van der Waals surface area contributed by atoms with Crippen LogP contribution >= 0.6 is 0 Å². The van der Waals surface area contributed by atoms with Crippen molar-refractivity contribution in [2.24, 2.45) is 5.41 Å². The van der Waals surface area contributed by atoms with E-state index in [4.69, 9.17) is 9.94 Å². The highest BCUT2D eigenvalue weighted by Gasteiger charge is 2.40. The van der Waals surface area contributed by atoms with Gasteiger partial charge in [0.15, 0.2) is 9.84 Å². The molecule has 7 nitrogen and oxygen atoms in total. The molecule has 0 saturated carbocycles. The smallest absolute Gasteiger partial charge is 0.249 e. The Morgan fingerprint density at radius 3 is 2.21 bits per heavy atom. The molecule has 1 aliphatic heterocycles. The number of nitrogens with one attached hydrogen (secondary N) is 2. The molecule has 1 heterocycles. The van der Waals surface area contributed by atoms with Crippen LogP contribution in [0.25, 0.3) is 0 Å². The van der Waals surface area contributed by atoms with Crippen molar-refractivity contribution in [1.82, 2.24) is 10.8 Å². The molecule has 0 bridgehead atoms. The fraction of sp³-hybridized carbons (Fsp3) is 0.381. The molecule has 8 heteroatoms. The zero-order chi connectivity index (χ0) is 20.0. The number of carbonyl (C=O) groups is 1. The average molecular weight is 421 g/mol. The number of hydrogen-bond acceptors (Lipinski definition) is 6. The molecule has 0 spiro atoms. The second kappa shape index (κ2) is 9.87. The fourth-order valence-electron chi connectivity index (χ4n) is 3.40. The standard InChI is InChI=1S/C20H24N2O5S.CH4/c23-19(22-24)20(10-13-21-14-11-20)12-15-28(25,26)18-8-6-17(7-9-18)27-16-4-2-1-3-5-16;/h1-9,21,24H,10-15H2,(H,22,23);1H4. The van der Waals surface area contributed by atoms with Crippen LogP contribution in [0, 0.1) is 5.41 Å². The Bertz CT molecular complexity index is 892. The molecule has 0 aromatic heterocycles. The highest BCUT2D eigenvalue weighted by atomic mass is 32.2. The Labute approximate surface area is 172 Å². The first-order chi connectivity index (χ1) is 13.5. The molecule has 3 rings (SSSR count). The van der Waals surface area contributed by atoms with Gasteiger partial charge in [0.25, 0.3) is 0 Å². The van der Waals surface area contributed by atoms with Gasteiger partial charge in [-0.2, -0.15) is 0 Å². The van der Waals surface area contributed by atoms with E-state index in [0.717, 1.165) is 0 Å². The molecule has 2 aromatic carbocycles. The van der Waals surface area contributed by atoms with Crippen molar-refractivity contribution in [3.05, 3.63) is 54.6 Å². The maximum absolute atomic E-state index is 12.7. The normalized spacial score (nSPS) is 15.8. The lowest BCUT2D eigenvalue weighted by Gasteiger charge is -2.35. The Kier molecular flexibility index (Phi) is 7.78. The number of para-hydroxylation sites is 1. The molecule has 0 atom stereocenters. The van der Waals surface area contributed by atoms with Gasteiger partial charge in [-0.1, -0.05) is 25.6 Å². The molecule has 1 aliphatic rings. The third-order valence-electron chi connectivity index (χ3n) is 5.15. The van der Waals surface area contributed by atoms with Crippen LogP contribution in [0.1, 0.15) is 26.7 Å². The summed E-state index contributed by atoms with van der Waals surface area (Å²) in [5.74, 6) is 0.524. The Balaban J connectivity index is 0.00000300. The van der Waals surface area contributed by atoms with E-state index in [0.29, 0.717) is 37.4 Å². The maximum Gasteiger partial charge on any atom is 0.249 e. The summed E-state index contributed by atoms with van der Waals surface area (Å²) in [4.78, 5) is 12.3. The first-order valence-electron chi connectivity index (χ1n) is 9.16. The Hall–Kier alpha value is -2.42. The van der Waals surface area contributed by atoms with Gasteiger partial charge in [-0.3, -0.25) is 10.0 Å². The number of rotatable bonds is 7. The third-order valence-corrected chi connectivity index (χ3v) is 6.89. The minimum absolute atomic E-state index is 0. The molecular formula is C21H28N2O5S. The molecule has 3 N–H and O–H groups in total. The molecule has 1 saturated heterocycles. The molecular weight excluding hydrogens is 392 g/mol. The molecule has 29 heavy (non-hydrogen) atoms. The lowest BCUT2D eigenvalue weighted by atomic mass is 9.76. The van der Waals surface area contributed by atoms with Crippen molar-refractivity contribution >= 4 is 15.7 Å². The number of sulfone groups is 1. The van der Waals surface area contributed by atoms with Gasteiger partial charge in [-0.15, -0.1) is 0 Å². The van der Waals surface area contributed by atoms with Crippen LogP contribution < -0.4 is 15.5 Å². The average Bonchev–Trinajstić information content (AvgIpc) is 2.73.